The van der Waals surface area contributed by atoms with Crippen LogP contribution in [0, 0.1) is 0 Å². The van der Waals surface area contributed by atoms with E-state index in [0.717, 1.165) is 12.8 Å². The molecule has 0 radical (unpaired) electrons. The van der Waals surface area contributed by atoms with Crippen LogP contribution in [0.4, 0.5) is 0 Å². The fraction of sp³-hybridized carbons (Fsp3) is 0.333. The van der Waals surface area contributed by atoms with Crippen LogP contribution in [0.15, 0.2) is 48.0 Å². The lowest BCUT2D eigenvalue weighted by atomic mass is 9.94. The number of hydrogen-bond donors (Lipinski definition) is 1. The van der Waals surface area contributed by atoms with E-state index >= 15 is 0 Å². The van der Waals surface area contributed by atoms with Crippen LogP contribution in [0.5, 0.6) is 17.2 Å². The number of aliphatic hydroxyl groups excluding tert-OH is 1. The highest BCUT2D eigenvalue weighted by Gasteiger charge is 2.46. The summed E-state index contributed by atoms with van der Waals surface area (Å²) in [5.41, 5.74) is 1.06. The van der Waals surface area contributed by atoms with Gasteiger partial charge >= 0.3 is 0 Å². The van der Waals surface area contributed by atoms with E-state index in [1.165, 1.54) is 12.0 Å². The third-order valence-electron chi connectivity index (χ3n) is 5.39. The standard InChI is InChI=1S/C24H27NO6/c1-5-6-13-25-21(18-12-11-17(30-3)14-19(18)31-4)20(23(27)24(25)28)22(26)15-7-9-16(29-2)10-8-15/h7-12,14,21,26H,5-6,13H2,1-4H3/t21-/m1/s1. The molecule has 0 spiro atoms. The Bertz CT molecular complexity index is 996. The third-order valence-corrected chi connectivity index (χ3v) is 5.39. The quantitative estimate of drug-likeness (QED) is 0.392. The Balaban J connectivity index is 2.19. The summed E-state index contributed by atoms with van der Waals surface area (Å²) in [7, 11) is 4.61. The number of likely N-dealkylation sites (tertiary alicyclic amines) is 1. The molecule has 0 bridgehead atoms. The molecule has 164 valence electrons. The minimum atomic E-state index is -0.769. The molecular formula is C24H27NO6. The Kier molecular flexibility index (Phi) is 6.84. The molecule has 1 N–H and O–H groups in total. The van der Waals surface area contributed by atoms with Crippen molar-refractivity contribution in [3.63, 3.8) is 0 Å². The molecule has 1 amide bonds. The molecule has 2 aromatic rings. The Morgan fingerprint density at radius 3 is 2.19 bits per heavy atom. The van der Waals surface area contributed by atoms with E-state index in [9.17, 15) is 14.7 Å². The zero-order valence-electron chi connectivity index (χ0n) is 18.2. The van der Waals surface area contributed by atoms with E-state index in [4.69, 9.17) is 14.2 Å². The summed E-state index contributed by atoms with van der Waals surface area (Å²) in [4.78, 5) is 27.4. The van der Waals surface area contributed by atoms with Gasteiger partial charge in [-0.2, -0.15) is 0 Å². The van der Waals surface area contributed by atoms with Crippen LogP contribution in [0.25, 0.3) is 5.76 Å². The summed E-state index contributed by atoms with van der Waals surface area (Å²) in [5, 5.41) is 11.1. The number of nitrogens with zero attached hydrogens (tertiary/aromatic N) is 1. The van der Waals surface area contributed by atoms with Crippen molar-refractivity contribution in [1.29, 1.82) is 0 Å². The first-order valence-electron chi connectivity index (χ1n) is 10.1. The summed E-state index contributed by atoms with van der Waals surface area (Å²) in [5.74, 6) is 0.0875. The minimum absolute atomic E-state index is 0.0368. The van der Waals surface area contributed by atoms with Crippen molar-refractivity contribution in [2.75, 3.05) is 27.9 Å². The average molecular weight is 425 g/mol. The van der Waals surface area contributed by atoms with Gasteiger partial charge in [-0.1, -0.05) is 13.3 Å². The number of hydrogen-bond acceptors (Lipinski definition) is 6. The molecule has 0 aromatic heterocycles. The molecule has 0 unspecified atom stereocenters. The van der Waals surface area contributed by atoms with Gasteiger partial charge in [0.1, 0.15) is 23.0 Å². The Morgan fingerprint density at radius 1 is 0.968 bits per heavy atom. The van der Waals surface area contributed by atoms with Crippen LogP contribution < -0.4 is 14.2 Å². The van der Waals surface area contributed by atoms with Gasteiger partial charge in [-0.15, -0.1) is 0 Å². The SMILES string of the molecule is CCCCN1C(=O)C(=O)C(=C(O)c2ccc(OC)cc2)[C@H]1c1ccc(OC)cc1OC. The van der Waals surface area contributed by atoms with Gasteiger partial charge in [0.25, 0.3) is 11.7 Å². The van der Waals surface area contributed by atoms with Gasteiger partial charge in [-0.05, 0) is 42.8 Å². The maximum atomic E-state index is 13.0. The highest BCUT2D eigenvalue weighted by molar-refractivity contribution is 6.46. The van der Waals surface area contributed by atoms with Crippen LogP contribution in [-0.2, 0) is 9.59 Å². The largest absolute Gasteiger partial charge is 0.507 e. The first kappa shape index (κ1) is 22.2. The summed E-state index contributed by atoms with van der Waals surface area (Å²) in [6.45, 7) is 2.40. The van der Waals surface area contributed by atoms with Crippen molar-refractivity contribution in [3.05, 3.63) is 59.2 Å². The molecule has 1 heterocycles. The molecular weight excluding hydrogens is 398 g/mol. The van der Waals surface area contributed by atoms with Crippen molar-refractivity contribution >= 4 is 17.4 Å². The topological polar surface area (TPSA) is 85.3 Å². The lowest BCUT2D eigenvalue weighted by Gasteiger charge is -2.26. The second-order valence-corrected chi connectivity index (χ2v) is 7.18. The number of ether oxygens (including phenoxy) is 3. The number of benzene rings is 2. The van der Waals surface area contributed by atoms with E-state index in [1.54, 1.807) is 56.7 Å². The van der Waals surface area contributed by atoms with Gasteiger partial charge in [0.2, 0.25) is 0 Å². The summed E-state index contributed by atoms with van der Waals surface area (Å²) in [6, 6.07) is 11.1. The summed E-state index contributed by atoms with van der Waals surface area (Å²) < 4.78 is 16.0. The molecule has 1 aliphatic heterocycles. The predicted molar refractivity (Wildman–Crippen MR) is 116 cm³/mol. The fourth-order valence-electron chi connectivity index (χ4n) is 3.71. The second kappa shape index (κ2) is 9.55. The number of rotatable bonds is 8. The van der Waals surface area contributed by atoms with E-state index in [-0.39, 0.29) is 11.3 Å². The van der Waals surface area contributed by atoms with Gasteiger partial charge < -0.3 is 24.2 Å². The number of carbonyl (C=O) groups is 2. The number of unbranched alkanes of at least 4 members (excludes halogenated alkanes) is 1. The van der Waals surface area contributed by atoms with E-state index in [0.29, 0.717) is 34.9 Å². The first-order chi connectivity index (χ1) is 15.0. The van der Waals surface area contributed by atoms with Crippen molar-refractivity contribution in [2.45, 2.75) is 25.8 Å². The molecule has 0 saturated carbocycles. The molecule has 31 heavy (non-hydrogen) atoms. The zero-order chi connectivity index (χ0) is 22.5. The van der Waals surface area contributed by atoms with Gasteiger partial charge in [-0.25, -0.2) is 0 Å². The number of methoxy groups -OCH3 is 3. The van der Waals surface area contributed by atoms with Crippen molar-refractivity contribution < 1.29 is 28.9 Å². The molecule has 1 aliphatic rings. The highest BCUT2D eigenvalue weighted by Crippen LogP contribution is 2.43. The van der Waals surface area contributed by atoms with Gasteiger partial charge in [0.05, 0.1) is 32.9 Å². The van der Waals surface area contributed by atoms with Gasteiger partial charge in [0, 0.05) is 23.7 Å². The average Bonchev–Trinajstić information content (AvgIpc) is 3.06. The van der Waals surface area contributed by atoms with Gasteiger partial charge in [-0.3, -0.25) is 9.59 Å². The highest BCUT2D eigenvalue weighted by atomic mass is 16.5. The molecule has 1 fully saturated rings. The van der Waals surface area contributed by atoms with Gasteiger partial charge in [0.15, 0.2) is 0 Å². The minimum Gasteiger partial charge on any atom is -0.507 e. The van der Waals surface area contributed by atoms with E-state index in [2.05, 4.69) is 0 Å². The Morgan fingerprint density at radius 2 is 1.61 bits per heavy atom. The molecule has 3 rings (SSSR count). The zero-order valence-corrected chi connectivity index (χ0v) is 18.2. The summed E-state index contributed by atoms with van der Waals surface area (Å²) >= 11 is 0. The fourth-order valence-corrected chi connectivity index (χ4v) is 3.71. The van der Waals surface area contributed by atoms with E-state index < -0.39 is 17.7 Å². The van der Waals surface area contributed by atoms with Crippen LogP contribution >= 0.6 is 0 Å². The Hall–Kier alpha value is -3.48. The Labute approximate surface area is 181 Å². The second-order valence-electron chi connectivity index (χ2n) is 7.18. The van der Waals surface area contributed by atoms with Crippen molar-refractivity contribution in [2.24, 2.45) is 0 Å². The lowest BCUT2D eigenvalue weighted by molar-refractivity contribution is -0.139. The number of aliphatic hydroxyl groups is 1. The first-order valence-corrected chi connectivity index (χ1v) is 10.1. The number of Topliss-reactive ketones (excluding diaryl/α,β-unsaturated/α-hetero) is 1. The smallest absolute Gasteiger partial charge is 0.295 e. The molecule has 7 heteroatoms. The van der Waals surface area contributed by atoms with Crippen molar-refractivity contribution in [1.82, 2.24) is 4.90 Å². The van der Waals surface area contributed by atoms with Crippen LogP contribution in [-0.4, -0.2) is 49.6 Å². The maximum Gasteiger partial charge on any atom is 0.295 e. The van der Waals surface area contributed by atoms with E-state index in [1.807, 2.05) is 6.92 Å². The van der Waals surface area contributed by atoms with Crippen LogP contribution in [0.3, 0.4) is 0 Å². The number of ketones is 1. The molecule has 0 aliphatic carbocycles. The van der Waals surface area contributed by atoms with Crippen LogP contribution in [0.1, 0.15) is 36.9 Å². The molecule has 2 aromatic carbocycles. The molecule has 7 nitrogen and oxygen atoms in total. The summed E-state index contributed by atoms with van der Waals surface area (Å²) in [6.07, 6.45) is 1.58. The lowest BCUT2D eigenvalue weighted by Crippen LogP contribution is -2.30. The molecule has 1 atom stereocenters. The monoisotopic (exact) mass is 425 g/mol. The predicted octanol–water partition coefficient (Wildman–Crippen LogP) is 3.93. The maximum absolute atomic E-state index is 13.0. The third kappa shape index (κ3) is 4.21. The number of amides is 1. The number of carbonyl (C=O) groups excluding carboxylic acids is 2. The normalized spacial score (nSPS) is 17.7. The van der Waals surface area contributed by atoms with Crippen LogP contribution in [0.2, 0.25) is 0 Å². The molecule has 1 saturated heterocycles. The van der Waals surface area contributed by atoms with Crippen molar-refractivity contribution in [3.8, 4) is 17.2 Å².